The highest BCUT2D eigenvalue weighted by Crippen LogP contribution is 2.45. The molecule has 3 rings (SSSR count). The third-order valence-electron chi connectivity index (χ3n) is 4.95. The number of amides is 1. The van der Waals surface area contributed by atoms with Gasteiger partial charge in [0, 0.05) is 27.8 Å². The summed E-state index contributed by atoms with van der Waals surface area (Å²) in [7, 11) is 0. The Morgan fingerprint density at radius 3 is 2.66 bits per heavy atom. The molecule has 1 amide bonds. The van der Waals surface area contributed by atoms with Gasteiger partial charge < -0.3 is 15.8 Å². The summed E-state index contributed by atoms with van der Waals surface area (Å²) in [6, 6.07) is 6.09. The van der Waals surface area contributed by atoms with Crippen molar-refractivity contribution in [3.63, 3.8) is 0 Å². The fourth-order valence-corrected chi connectivity index (χ4v) is 3.48. The Balaban J connectivity index is 2.02. The Morgan fingerprint density at radius 2 is 2.03 bits per heavy atom. The summed E-state index contributed by atoms with van der Waals surface area (Å²) in [6.07, 6.45) is -2.33. The third kappa shape index (κ3) is 3.93. The van der Waals surface area contributed by atoms with Crippen molar-refractivity contribution >= 4 is 33.5 Å². The number of aliphatic imine (C=N–C) groups is 1. The van der Waals surface area contributed by atoms with Crippen molar-refractivity contribution in [3.8, 4) is 0 Å². The van der Waals surface area contributed by atoms with Crippen molar-refractivity contribution in [2.45, 2.75) is 31.9 Å². The van der Waals surface area contributed by atoms with Crippen LogP contribution in [0.4, 0.5) is 18.9 Å². The average Bonchev–Trinajstić information content (AvgIpc) is 2.66. The van der Waals surface area contributed by atoms with Gasteiger partial charge in [-0.2, -0.15) is 0 Å². The van der Waals surface area contributed by atoms with E-state index in [4.69, 9.17) is 10.5 Å². The normalized spacial score (nSPS) is 24.0. The predicted octanol–water partition coefficient (Wildman–Crippen LogP) is 4.07. The summed E-state index contributed by atoms with van der Waals surface area (Å²) in [5.74, 6) is -2.34. The van der Waals surface area contributed by atoms with Gasteiger partial charge in [-0.15, -0.1) is 0 Å². The second-order valence-corrected chi connectivity index (χ2v) is 7.61. The molecule has 1 aromatic heterocycles. The molecule has 0 aliphatic carbocycles. The Labute approximate surface area is 173 Å². The van der Waals surface area contributed by atoms with Crippen LogP contribution in [0.1, 0.15) is 29.9 Å². The number of carbonyl (C=O) groups excluding carboxylic acids is 1. The van der Waals surface area contributed by atoms with Crippen LogP contribution in [0.5, 0.6) is 0 Å². The summed E-state index contributed by atoms with van der Waals surface area (Å²) < 4.78 is 49.1. The summed E-state index contributed by atoms with van der Waals surface area (Å²) in [4.78, 5) is 20.2. The number of rotatable bonds is 4. The first-order chi connectivity index (χ1) is 13.6. The highest BCUT2D eigenvalue weighted by atomic mass is 79.9. The van der Waals surface area contributed by atoms with Gasteiger partial charge >= 0.3 is 0 Å². The maximum Gasteiger partial charge on any atom is 0.283 e. The molecule has 1 aromatic carbocycles. The molecule has 0 saturated carbocycles. The highest BCUT2D eigenvalue weighted by Gasteiger charge is 2.53. The van der Waals surface area contributed by atoms with Crippen LogP contribution < -0.4 is 11.1 Å². The molecule has 2 heterocycles. The number of benzene rings is 1. The number of aromatic nitrogens is 1. The molecule has 0 fully saturated rings. The third-order valence-corrected chi connectivity index (χ3v) is 5.42. The van der Waals surface area contributed by atoms with Crippen LogP contribution in [-0.2, 0) is 10.3 Å². The van der Waals surface area contributed by atoms with Gasteiger partial charge in [-0.1, -0.05) is 6.92 Å². The monoisotopic (exact) mass is 470 g/mol. The van der Waals surface area contributed by atoms with Crippen molar-refractivity contribution in [1.29, 1.82) is 0 Å². The summed E-state index contributed by atoms with van der Waals surface area (Å²) in [5.41, 5.74) is 3.19. The van der Waals surface area contributed by atoms with E-state index in [1.807, 2.05) is 0 Å². The summed E-state index contributed by atoms with van der Waals surface area (Å²) in [6.45, 7) is 3.05. The summed E-state index contributed by atoms with van der Waals surface area (Å²) >= 11 is 3.22. The first kappa shape index (κ1) is 21.1. The van der Waals surface area contributed by atoms with Gasteiger partial charge in [0.15, 0.2) is 5.54 Å². The molecule has 0 spiro atoms. The molecular weight excluding hydrogens is 453 g/mol. The second kappa shape index (κ2) is 8.02. The van der Waals surface area contributed by atoms with E-state index in [2.05, 4.69) is 31.2 Å². The van der Waals surface area contributed by atoms with E-state index in [0.717, 1.165) is 12.1 Å². The van der Waals surface area contributed by atoms with Crippen LogP contribution in [0.15, 0.2) is 46.0 Å². The van der Waals surface area contributed by atoms with Gasteiger partial charge in [0.1, 0.15) is 17.6 Å². The lowest BCUT2D eigenvalue weighted by molar-refractivity contribution is -0.0363. The van der Waals surface area contributed by atoms with E-state index in [-0.39, 0.29) is 16.9 Å². The average molecular weight is 471 g/mol. The van der Waals surface area contributed by atoms with Gasteiger partial charge in [0.25, 0.3) is 18.4 Å². The number of amidine groups is 1. The molecule has 1 aliphatic rings. The number of nitrogens with two attached hydrogens (primary N) is 1. The zero-order chi connectivity index (χ0) is 21.3. The molecule has 1 unspecified atom stereocenters. The van der Waals surface area contributed by atoms with Crippen LogP contribution in [0.3, 0.4) is 0 Å². The largest absolute Gasteiger partial charge is 0.462 e. The molecule has 6 nitrogen and oxygen atoms in total. The van der Waals surface area contributed by atoms with Gasteiger partial charge in [-0.05, 0) is 53.2 Å². The number of pyridine rings is 1. The first-order valence-electron chi connectivity index (χ1n) is 8.68. The van der Waals surface area contributed by atoms with E-state index < -0.39 is 41.7 Å². The van der Waals surface area contributed by atoms with Gasteiger partial charge in [-0.25, -0.2) is 23.1 Å². The van der Waals surface area contributed by atoms with E-state index in [1.54, 1.807) is 13.0 Å². The molecular formula is C19H18BrF3N4O2. The van der Waals surface area contributed by atoms with E-state index >= 15 is 0 Å². The zero-order valence-corrected chi connectivity index (χ0v) is 17.1. The Morgan fingerprint density at radius 1 is 1.31 bits per heavy atom. The maximum absolute atomic E-state index is 14.7. The molecule has 2 aromatic rings. The van der Waals surface area contributed by atoms with E-state index in [1.165, 1.54) is 25.3 Å². The molecule has 1 aliphatic heterocycles. The summed E-state index contributed by atoms with van der Waals surface area (Å²) in [5, 5.41) is 2.54. The number of hydrogen-bond acceptors (Lipinski definition) is 5. The van der Waals surface area contributed by atoms with Crippen molar-refractivity contribution in [1.82, 2.24) is 4.98 Å². The number of nitrogens with zero attached hydrogens (tertiary/aromatic N) is 2. The zero-order valence-electron chi connectivity index (χ0n) is 15.5. The Hall–Kier alpha value is -2.62. The Bertz CT molecular complexity index is 955. The van der Waals surface area contributed by atoms with Gasteiger partial charge in [0.05, 0.1) is 0 Å². The topological polar surface area (TPSA) is 89.6 Å². The van der Waals surface area contributed by atoms with Crippen LogP contribution in [0, 0.1) is 11.7 Å². The molecule has 10 heteroatoms. The number of anilines is 1. The van der Waals surface area contributed by atoms with Crippen molar-refractivity contribution in [2.24, 2.45) is 16.6 Å². The molecule has 3 atom stereocenters. The maximum atomic E-state index is 14.7. The number of nitrogens with one attached hydrogen (secondary N) is 1. The lowest BCUT2D eigenvalue weighted by Gasteiger charge is -2.41. The highest BCUT2D eigenvalue weighted by molar-refractivity contribution is 9.10. The molecule has 0 radical (unpaired) electrons. The van der Waals surface area contributed by atoms with Crippen LogP contribution in [0.2, 0.25) is 0 Å². The van der Waals surface area contributed by atoms with Crippen LogP contribution >= 0.6 is 15.9 Å². The standard InChI is InChI=1S/C19H18BrF3N4O2/c1-9-10(2)29-18(24)27-19(9,17(22)23)13-7-12(4-5-14(13)21)26-16(28)15-6-3-11(20)8-25-15/h3-10,17H,1-2H3,(H2,24,27)(H,26,28)/t9-,10?,19-/m1/s1. The fraction of sp³-hybridized carbons (Fsp3) is 0.316. The minimum atomic E-state index is -3.06. The Kier molecular flexibility index (Phi) is 5.83. The first-order valence-corrected chi connectivity index (χ1v) is 9.47. The predicted molar refractivity (Wildman–Crippen MR) is 105 cm³/mol. The van der Waals surface area contributed by atoms with Crippen LogP contribution in [0.25, 0.3) is 0 Å². The van der Waals surface area contributed by atoms with Gasteiger partial charge in [0.2, 0.25) is 0 Å². The molecule has 3 N–H and O–H groups in total. The number of alkyl halides is 2. The lowest BCUT2D eigenvalue weighted by atomic mass is 9.76. The number of carbonyl (C=O) groups is 1. The fourth-order valence-electron chi connectivity index (χ4n) is 3.25. The minimum Gasteiger partial charge on any atom is -0.462 e. The number of hydrogen-bond donors (Lipinski definition) is 2. The SMILES string of the molecule is CC1OC(N)=N[C@](c2cc(NC(=O)c3ccc(Br)cn3)ccc2F)(C(F)F)[C@@H]1C. The molecule has 0 bridgehead atoms. The van der Waals surface area contributed by atoms with Crippen molar-refractivity contribution in [2.75, 3.05) is 5.32 Å². The molecule has 0 saturated heterocycles. The van der Waals surface area contributed by atoms with Gasteiger partial charge in [-0.3, -0.25) is 4.79 Å². The smallest absolute Gasteiger partial charge is 0.283 e. The molecule has 29 heavy (non-hydrogen) atoms. The quantitative estimate of drug-likeness (QED) is 0.704. The van der Waals surface area contributed by atoms with E-state index in [0.29, 0.717) is 4.47 Å². The van der Waals surface area contributed by atoms with Crippen molar-refractivity contribution in [3.05, 3.63) is 58.1 Å². The number of halogens is 4. The molecule has 154 valence electrons. The lowest BCUT2D eigenvalue weighted by Crippen LogP contribution is -2.51. The van der Waals surface area contributed by atoms with Crippen LogP contribution in [-0.4, -0.2) is 29.4 Å². The minimum absolute atomic E-state index is 0.109. The number of ether oxygens (including phenoxy) is 1. The van der Waals surface area contributed by atoms with Crippen molar-refractivity contribution < 1.29 is 22.7 Å². The van der Waals surface area contributed by atoms with E-state index in [9.17, 15) is 18.0 Å². The second-order valence-electron chi connectivity index (χ2n) is 6.70.